The summed E-state index contributed by atoms with van der Waals surface area (Å²) in [7, 11) is 1.72. The van der Waals surface area contributed by atoms with Crippen molar-refractivity contribution in [1.82, 2.24) is 4.90 Å². The number of unbranched alkanes of at least 4 members (excludes halogenated alkanes) is 1. The van der Waals surface area contributed by atoms with Gasteiger partial charge in [-0.1, -0.05) is 25.5 Å². The van der Waals surface area contributed by atoms with E-state index in [-0.39, 0.29) is 0 Å². The molecule has 0 radical (unpaired) electrons. The van der Waals surface area contributed by atoms with Gasteiger partial charge in [0, 0.05) is 0 Å². The molecule has 18 heavy (non-hydrogen) atoms. The van der Waals surface area contributed by atoms with Gasteiger partial charge in [-0.25, -0.2) is 0 Å². The Morgan fingerprint density at radius 1 is 1.17 bits per heavy atom. The zero-order valence-electron chi connectivity index (χ0n) is 11.7. The quantitative estimate of drug-likeness (QED) is 0.787. The van der Waals surface area contributed by atoms with E-state index in [2.05, 4.69) is 36.1 Å². The predicted octanol–water partition coefficient (Wildman–Crippen LogP) is 3.67. The molecule has 0 bridgehead atoms. The first-order valence-corrected chi connectivity index (χ1v) is 7.19. The van der Waals surface area contributed by atoms with Crippen LogP contribution in [0, 0.1) is 0 Å². The summed E-state index contributed by atoms with van der Waals surface area (Å²) in [6.07, 6.45) is 5.25. The minimum absolute atomic E-state index is 0.744. The standard InChI is InChI=1S/C16H25NO/c1-3-4-11-17-12-9-15(10-13-17)14-5-7-16(18-2)8-6-14/h5-8,15H,3-4,9-13H2,1-2H3. The minimum Gasteiger partial charge on any atom is -0.497 e. The average Bonchev–Trinajstić information content (AvgIpc) is 2.46. The molecule has 0 N–H and O–H groups in total. The highest BCUT2D eigenvalue weighted by atomic mass is 16.5. The van der Waals surface area contributed by atoms with Crippen molar-refractivity contribution in [3.05, 3.63) is 29.8 Å². The third kappa shape index (κ3) is 3.49. The number of hydrogen-bond donors (Lipinski definition) is 0. The van der Waals surface area contributed by atoms with E-state index in [0.29, 0.717) is 0 Å². The molecule has 0 unspecified atom stereocenters. The molecule has 0 atom stereocenters. The summed E-state index contributed by atoms with van der Waals surface area (Å²) in [5.74, 6) is 1.70. The SMILES string of the molecule is CCCCN1CCC(c2ccc(OC)cc2)CC1. The minimum atomic E-state index is 0.744. The molecule has 0 aromatic heterocycles. The molecule has 0 amide bonds. The van der Waals surface area contributed by atoms with Crippen LogP contribution in [0.2, 0.25) is 0 Å². The van der Waals surface area contributed by atoms with Gasteiger partial charge in [0.2, 0.25) is 0 Å². The van der Waals surface area contributed by atoms with Crippen molar-refractivity contribution < 1.29 is 4.74 Å². The van der Waals surface area contributed by atoms with Crippen LogP contribution in [0.4, 0.5) is 0 Å². The van der Waals surface area contributed by atoms with Crippen LogP contribution in [-0.4, -0.2) is 31.6 Å². The molecule has 0 aliphatic carbocycles. The Kier molecular flexibility index (Phi) is 5.06. The molecule has 1 aromatic carbocycles. The highest BCUT2D eigenvalue weighted by Gasteiger charge is 2.19. The van der Waals surface area contributed by atoms with Gasteiger partial charge < -0.3 is 9.64 Å². The van der Waals surface area contributed by atoms with Gasteiger partial charge in [-0.3, -0.25) is 0 Å². The summed E-state index contributed by atoms with van der Waals surface area (Å²) in [6, 6.07) is 8.62. The summed E-state index contributed by atoms with van der Waals surface area (Å²) in [5, 5.41) is 0. The summed E-state index contributed by atoms with van der Waals surface area (Å²) < 4.78 is 5.21. The first kappa shape index (κ1) is 13.4. The molecule has 2 nitrogen and oxygen atoms in total. The Balaban J connectivity index is 1.84. The lowest BCUT2D eigenvalue weighted by atomic mass is 9.89. The maximum absolute atomic E-state index is 5.21. The number of hydrogen-bond acceptors (Lipinski definition) is 2. The number of benzene rings is 1. The van der Waals surface area contributed by atoms with Gasteiger partial charge in [-0.2, -0.15) is 0 Å². The first-order valence-electron chi connectivity index (χ1n) is 7.19. The second-order valence-electron chi connectivity index (χ2n) is 5.24. The Morgan fingerprint density at radius 3 is 2.39 bits per heavy atom. The normalized spacial score (nSPS) is 17.9. The van der Waals surface area contributed by atoms with E-state index >= 15 is 0 Å². The average molecular weight is 247 g/mol. The van der Waals surface area contributed by atoms with E-state index in [9.17, 15) is 0 Å². The van der Waals surface area contributed by atoms with Crippen molar-refractivity contribution in [2.75, 3.05) is 26.7 Å². The Morgan fingerprint density at radius 2 is 1.83 bits per heavy atom. The fourth-order valence-electron chi connectivity index (χ4n) is 2.75. The lowest BCUT2D eigenvalue weighted by molar-refractivity contribution is 0.209. The number of nitrogens with zero attached hydrogens (tertiary/aromatic N) is 1. The van der Waals surface area contributed by atoms with E-state index in [1.54, 1.807) is 7.11 Å². The van der Waals surface area contributed by atoms with Crippen LogP contribution in [0.25, 0.3) is 0 Å². The zero-order chi connectivity index (χ0) is 12.8. The second-order valence-corrected chi connectivity index (χ2v) is 5.24. The maximum Gasteiger partial charge on any atom is 0.118 e. The lowest BCUT2D eigenvalue weighted by Crippen LogP contribution is -2.33. The van der Waals surface area contributed by atoms with Crippen LogP contribution in [-0.2, 0) is 0 Å². The van der Waals surface area contributed by atoms with Gasteiger partial charge in [0.25, 0.3) is 0 Å². The van der Waals surface area contributed by atoms with Crippen LogP contribution >= 0.6 is 0 Å². The summed E-state index contributed by atoms with van der Waals surface area (Å²) >= 11 is 0. The molecular formula is C16H25NO. The summed E-state index contributed by atoms with van der Waals surface area (Å²) in [4.78, 5) is 2.61. The largest absolute Gasteiger partial charge is 0.497 e. The number of rotatable bonds is 5. The topological polar surface area (TPSA) is 12.5 Å². The molecule has 2 heteroatoms. The molecule has 1 aliphatic heterocycles. The summed E-state index contributed by atoms with van der Waals surface area (Å²) in [6.45, 7) is 6.07. The second kappa shape index (κ2) is 6.79. The van der Waals surface area contributed by atoms with E-state index in [1.807, 2.05) is 0 Å². The van der Waals surface area contributed by atoms with Crippen molar-refractivity contribution in [2.24, 2.45) is 0 Å². The molecule has 1 aliphatic rings. The smallest absolute Gasteiger partial charge is 0.118 e. The fourth-order valence-corrected chi connectivity index (χ4v) is 2.75. The van der Waals surface area contributed by atoms with Crippen molar-refractivity contribution in [3.63, 3.8) is 0 Å². The Labute approximate surface area is 111 Å². The molecule has 1 saturated heterocycles. The van der Waals surface area contributed by atoms with Crippen molar-refractivity contribution in [1.29, 1.82) is 0 Å². The number of methoxy groups -OCH3 is 1. The fraction of sp³-hybridized carbons (Fsp3) is 0.625. The third-order valence-electron chi connectivity index (χ3n) is 4.00. The van der Waals surface area contributed by atoms with Gasteiger partial charge in [-0.15, -0.1) is 0 Å². The van der Waals surface area contributed by atoms with Crippen LogP contribution in [0.3, 0.4) is 0 Å². The highest BCUT2D eigenvalue weighted by Crippen LogP contribution is 2.29. The molecule has 1 aromatic rings. The number of ether oxygens (including phenoxy) is 1. The van der Waals surface area contributed by atoms with Crippen LogP contribution in [0.1, 0.15) is 44.1 Å². The van der Waals surface area contributed by atoms with E-state index in [1.165, 1.54) is 50.9 Å². The molecule has 0 spiro atoms. The molecule has 0 saturated carbocycles. The van der Waals surface area contributed by atoms with Crippen LogP contribution < -0.4 is 4.74 Å². The van der Waals surface area contributed by atoms with Crippen LogP contribution in [0.5, 0.6) is 5.75 Å². The zero-order valence-corrected chi connectivity index (χ0v) is 11.7. The summed E-state index contributed by atoms with van der Waals surface area (Å²) in [5.41, 5.74) is 1.48. The highest BCUT2D eigenvalue weighted by molar-refractivity contribution is 5.29. The van der Waals surface area contributed by atoms with Gasteiger partial charge in [0.15, 0.2) is 0 Å². The van der Waals surface area contributed by atoms with Gasteiger partial charge in [0.1, 0.15) is 5.75 Å². The predicted molar refractivity (Wildman–Crippen MR) is 76.3 cm³/mol. The molecule has 2 rings (SSSR count). The van der Waals surface area contributed by atoms with Crippen molar-refractivity contribution in [3.8, 4) is 5.75 Å². The molecular weight excluding hydrogens is 222 g/mol. The third-order valence-corrected chi connectivity index (χ3v) is 4.00. The van der Waals surface area contributed by atoms with Crippen molar-refractivity contribution >= 4 is 0 Å². The van der Waals surface area contributed by atoms with Gasteiger partial charge in [-0.05, 0) is 62.5 Å². The van der Waals surface area contributed by atoms with Gasteiger partial charge in [0.05, 0.1) is 7.11 Å². The first-order chi connectivity index (χ1) is 8.83. The number of piperidine rings is 1. The monoisotopic (exact) mass is 247 g/mol. The molecule has 1 heterocycles. The van der Waals surface area contributed by atoms with E-state index in [0.717, 1.165) is 11.7 Å². The van der Waals surface area contributed by atoms with E-state index < -0.39 is 0 Å². The molecule has 100 valence electrons. The van der Waals surface area contributed by atoms with Crippen molar-refractivity contribution in [2.45, 2.75) is 38.5 Å². The number of likely N-dealkylation sites (tertiary alicyclic amines) is 1. The molecule has 1 fully saturated rings. The lowest BCUT2D eigenvalue weighted by Gasteiger charge is -2.32. The van der Waals surface area contributed by atoms with Gasteiger partial charge >= 0.3 is 0 Å². The maximum atomic E-state index is 5.21. The Hall–Kier alpha value is -1.02. The van der Waals surface area contributed by atoms with Crippen LogP contribution in [0.15, 0.2) is 24.3 Å². The Bertz CT molecular complexity index is 339. The van der Waals surface area contributed by atoms with E-state index in [4.69, 9.17) is 4.74 Å².